The smallest absolute Gasteiger partial charge is 0.262 e. The molecule has 2 rings (SSSR count). The first-order valence-corrected chi connectivity index (χ1v) is 6.23. The first-order chi connectivity index (χ1) is 9.10. The van der Waals surface area contributed by atoms with E-state index in [1.54, 1.807) is 19.2 Å². The van der Waals surface area contributed by atoms with Gasteiger partial charge >= 0.3 is 0 Å². The Morgan fingerprint density at radius 1 is 1.32 bits per heavy atom. The largest absolute Gasteiger partial charge is 0.354 e. The van der Waals surface area contributed by atoms with Crippen LogP contribution in [0.15, 0.2) is 24.4 Å². The molecule has 19 heavy (non-hydrogen) atoms. The molecule has 0 unspecified atom stereocenters. The van der Waals surface area contributed by atoms with Crippen molar-refractivity contribution in [3.8, 4) is 0 Å². The molecule has 2 aromatic rings. The Morgan fingerprint density at radius 3 is 2.79 bits per heavy atom. The molecule has 0 fully saturated rings. The van der Waals surface area contributed by atoms with Gasteiger partial charge in [0.2, 0.25) is 0 Å². The Kier molecular flexibility index (Phi) is 4.01. The van der Waals surface area contributed by atoms with E-state index in [1.807, 2.05) is 0 Å². The summed E-state index contributed by atoms with van der Waals surface area (Å²) < 4.78 is 25.7. The molecule has 0 radical (unpaired) electrons. The van der Waals surface area contributed by atoms with Crippen molar-refractivity contribution in [2.24, 2.45) is 0 Å². The predicted molar refractivity (Wildman–Crippen MR) is 70.8 cm³/mol. The molecule has 0 aliphatic rings. The number of amides is 1. The van der Waals surface area contributed by atoms with Gasteiger partial charge in [-0.3, -0.25) is 4.79 Å². The summed E-state index contributed by atoms with van der Waals surface area (Å²) >= 11 is 1.21. The highest BCUT2D eigenvalue weighted by Crippen LogP contribution is 2.17. The molecule has 1 N–H and O–H groups in total. The average molecular weight is 280 g/mol. The number of carbonyl (C=O) groups is 1. The molecule has 0 atom stereocenters. The summed E-state index contributed by atoms with van der Waals surface area (Å²) in [7, 11) is 1.54. The van der Waals surface area contributed by atoms with E-state index < -0.39 is 11.6 Å². The zero-order valence-electron chi connectivity index (χ0n) is 9.98. The lowest BCUT2D eigenvalue weighted by Gasteiger charge is -1.94. The lowest BCUT2D eigenvalue weighted by atomic mass is 10.2. The minimum atomic E-state index is -0.896. The fraction of sp³-hybridized carbons (Fsp3) is 0.0769. The highest BCUT2D eigenvalue weighted by molar-refractivity contribution is 7.14. The molecule has 1 aromatic heterocycles. The lowest BCUT2D eigenvalue weighted by Crippen LogP contribution is -2.16. The summed E-state index contributed by atoms with van der Waals surface area (Å²) in [5.41, 5.74) is 0.524. The van der Waals surface area contributed by atoms with Crippen LogP contribution in [0.25, 0.3) is 12.2 Å². The molecule has 1 aromatic carbocycles. The molecule has 3 nitrogen and oxygen atoms in total. The van der Waals surface area contributed by atoms with Crippen molar-refractivity contribution >= 4 is 29.4 Å². The summed E-state index contributed by atoms with van der Waals surface area (Å²) in [6.07, 6.45) is 4.72. The summed E-state index contributed by atoms with van der Waals surface area (Å²) in [5.74, 6) is -1.98. The van der Waals surface area contributed by atoms with Gasteiger partial charge in [-0.2, -0.15) is 0 Å². The molecule has 0 bridgehead atoms. The van der Waals surface area contributed by atoms with Gasteiger partial charge in [-0.05, 0) is 23.8 Å². The van der Waals surface area contributed by atoms with Crippen molar-refractivity contribution in [2.45, 2.75) is 0 Å². The number of hydrogen-bond acceptors (Lipinski definition) is 3. The minimum Gasteiger partial charge on any atom is -0.354 e. The Morgan fingerprint density at radius 2 is 2.11 bits per heavy atom. The van der Waals surface area contributed by atoms with Crippen LogP contribution in [0, 0.1) is 11.6 Å². The Balaban J connectivity index is 2.16. The first-order valence-electron chi connectivity index (χ1n) is 5.41. The molecule has 0 aliphatic heterocycles. The Bertz CT molecular complexity index is 637. The number of benzene rings is 1. The molecular formula is C13H10F2N2OS. The van der Waals surface area contributed by atoms with Crippen LogP contribution in [-0.4, -0.2) is 17.9 Å². The van der Waals surface area contributed by atoms with Gasteiger partial charge in [-0.25, -0.2) is 13.8 Å². The second-order valence-corrected chi connectivity index (χ2v) is 4.71. The van der Waals surface area contributed by atoms with Crippen LogP contribution in [0.1, 0.15) is 20.2 Å². The van der Waals surface area contributed by atoms with E-state index in [0.29, 0.717) is 15.4 Å². The van der Waals surface area contributed by atoms with Crippen molar-refractivity contribution in [3.63, 3.8) is 0 Å². The molecule has 0 saturated heterocycles. The van der Waals surface area contributed by atoms with E-state index >= 15 is 0 Å². The van der Waals surface area contributed by atoms with Gasteiger partial charge in [-0.1, -0.05) is 12.1 Å². The molecule has 1 amide bonds. The van der Waals surface area contributed by atoms with Gasteiger partial charge in [0.1, 0.15) is 9.88 Å². The fourth-order valence-corrected chi connectivity index (χ4v) is 2.14. The monoisotopic (exact) mass is 280 g/mol. The maximum absolute atomic E-state index is 13.0. The van der Waals surface area contributed by atoms with Crippen LogP contribution in [0.5, 0.6) is 0 Å². The number of rotatable bonds is 3. The maximum Gasteiger partial charge on any atom is 0.262 e. The number of nitrogens with zero attached hydrogens (tertiary/aromatic N) is 1. The van der Waals surface area contributed by atoms with E-state index in [1.165, 1.54) is 23.6 Å². The third-order valence-corrected chi connectivity index (χ3v) is 3.30. The summed E-state index contributed by atoms with van der Waals surface area (Å²) in [6, 6.07) is 3.62. The molecule has 0 aliphatic carbocycles. The third kappa shape index (κ3) is 3.23. The molecule has 1 heterocycles. The predicted octanol–water partition coefficient (Wildman–Crippen LogP) is 2.95. The van der Waals surface area contributed by atoms with E-state index in [0.717, 1.165) is 12.1 Å². The first kappa shape index (κ1) is 13.4. The minimum absolute atomic E-state index is 0.204. The van der Waals surface area contributed by atoms with Crippen LogP contribution in [0.2, 0.25) is 0 Å². The van der Waals surface area contributed by atoms with Gasteiger partial charge in [0.25, 0.3) is 5.91 Å². The number of aromatic nitrogens is 1. The summed E-state index contributed by atoms with van der Waals surface area (Å²) in [4.78, 5) is 15.9. The van der Waals surface area contributed by atoms with Gasteiger partial charge in [0.05, 0.1) is 6.20 Å². The fourth-order valence-electron chi connectivity index (χ4n) is 1.38. The highest BCUT2D eigenvalue weighted by atomic mass is 32.1. The Hall–Kier alpha value is -2.08. The van der Waals surface area contributed by atoms with Crippen LogP contribution in [0.4, 0.5) is 8.78 Å². The van der Waals surface area contributed by atoms with Crippen LogP contribution in [0.3, 0.4) is 0 Å². The van der Waals surface area contributed by atoms with Gasteiger partial charge in [0.15, 0.2) is 11.6 Å². The number of halogens is 2. The lowest BCUT2D eigenvalue weighted by molar-refractivity contribution is 0.0967. The van der Waals surface area contributed by atoms with Crippen LogP contribution >= 0.6 is 11.3 Å². The van der Waals surface area contributed by atoms with E-state index in [4.69, 9.17) is 0 Å². The maximum atomic E-state index is 13.0. The van der Waals surface area contributed by atoms with Crippen LogP contribution < -0.4 is 5.32 Å². The van der Waals surface area contributed by atoms with Crippen molar-refractivity contribution in [2.75, 3.05) is 7.05 Å². The molecule has 6 heteroatoms. The van der Waals surface area contributed by atoms with Crippen molar-refractivity contribution in [1.82, 2.24) is 10.3 Å². The second-order valence-electron chi connectivity index (χ2n) is 3.65. The molecule has 98 valence electrons. The summed E-state index contributed by atoms with van der Waals surface area (Å²) in [5, 5.41) is 3.11. The van der Waals surface area contributed by atoms with E-state index in [-0.39, 0.29) is 5.91 Å². The normalized spacial score (nSPS) is 10.9. The van der Waals surface area contributed by atoms with Crippen LogP contribution in [-0.2, 0) is 0 Å². The number of carbonyl (C=O) groups excluding carboxylic acids is 1. The number of hydrogen-bond donors (Lipinski definition) is 1. The second kappa shape index (κ2) is 5.71. The zero-order chi connectivity index (χ0) is 13.8. The van der Waals surface area contributed by atoms with Gasteiger partial charge < -0.3 is 5.32 Å². The zero-order valence-corrected chi connectivity index (χ0v) is 10.8. The van der Waals surface area contributed by atoms with E-state index in [2.05, 4.69) is 10.3 Å². The topological polar surface area (TPSA) is 42.0 Å². The van der Waals surface area contributed by atoms with Crippen molar-refractivity contribution in [1.29, 1.82) is 0 Å². The number of thiazole rings is 1. The Labute approximate surface area is 112 Å². The molecule has 0 spiro atoms. The summed E-state index contributed by atoms with van der Waals surface area (Å²) in [6.45, 7) is 0. The average Bonchev–Trinajstić information content (AvgIpc) is 2.88. The van der Waals surface area contributed by atoms with Crippen molar-refractivity contribution < 1.29 is 13.6 Å². The number of nitrogens with one attached hydrogen (secondary N) is 1. The van der Waals surface area contributed by atoms with E-state index in [9.17, 15) is 13.6 Å². The van der Waals surface area contributed by atoms with Gasteiger partial charge in [-0.15, -0.1) is 11.3 Å². The SMILES string of the molecule is CNC(=O)c1cnc(C=Cc2ccc(F)c(F)c2)s1. The van der Waals surface area contributed by atoms with Gasteiger partial charge in [0, 0.05) is 7.05 Å². The standard InChI is InChI=1S/C13H10F2N2OS/c1-16-13(18)11-7-17-12(19-11)5-3-8-2-4-9(14)10(15)6-8/h2-7H,1H3,(H,16,18). The highest BCUT2D eigenvalue weighted by Gasteiger charge is 2.06. The third-order valence-electron chi connectivity index (χ3n) is 2.34. The molecule has 0 saturated carbocycles. The van der Waals surface area contributed by atoms with Crippen molar-refractivity contribution in [3.05, 3.63) is 51.5 Å². The quantitative estimate of drug-likeness (QED) is 0.939. The molecular weight excluding hydrogens is 270 g/mol.